The molecule has 3 rings (SSSR count). The first kappa shape index (κ1) is 49.2. The summed E-state index contributed by atoms with van der Waals surface area (Å²) in [6, 6.07) is 0. The summed E-state index contributed by atoms with van der Waals surface area (Å²) in [5.74, 6) is 0. The largest absolute Gasteiger partial charge is 1.00 e. The second kappa shape index (κ2) is 19.4. The number of rotatable bonds is 4. The Labute approximate surface area is 222 Å². The van der Waals surface area contributed by atoms with Crippen molar-refractivity contribution in [1.29, 1.82) is 0 Å². The monoisotopic (exact) mass is 518 g/mol. The Balaban J connectivity index is -0.000000139. The number of H-pyrrole nitrogens is 1. The van der Waals surface area contributed by atoms with Crippen molar-refractivity contribution in [2.45, 2.75) is 24.5 Å². The summed E-state index contributed by atoms with van der Waals surface area (Å²) < 4.78 is 21.1. The predicted molar refractivity (Wildman–Crippen MR) is 92.9 cm³/mol. The van der Waals surface area contributed by atoms with Gasteiger partial charge in [0.2, 0.25) is 0 Å². The standard InChI is InChI=1S/C10H13N4O8P.2Na.7H2O/c15-6-4(1-21-23(18,19)20)22-10(7(6)16)14-3-13-5-8(14)11-2-12-9(5)17;;;;;;;;;/h2-4,6-7,10,15-16H,1H2,(H,11,12,17)(H2,18,19,20);;;7*1H2/q;2*+1;;;;;;;/p-2/t4-,6+,7-,10-;;;;;;;;;/m1........./s1. The molecule has 0 aliphatic carbocycles. The van der Waals surface area contributed by atoms with Crippen molar-refractivity contribution in [2.75, 3.05) is 6.61 Å². The van der Waals surface area contributed by atoms with Gasteiger partial charge in [-0.15, -0.1) is 0 Å². The Bertz CT molecular complexity index is 834. The normalized spacial score (nSPS) is 20.5. The number of phosphoric acid groups is 1. The third-order valence-electron chi connectivity index (χ3n) is 3.37. The van der Waals surface area contributed by atoms with E-state index >= 15 is 0 Å². The van der Waals surface area contributed by atoms with Crippen LogP contribution >= 0.6 is 7.82 Å². The summed E-state index contributed by atoms with van der Waals surface area (Å²) >= 11 is 0. The number of phosphoric ester groups is 1. The van der Waals surface area contributed by atoms with E-state index in [1.54, 1.807) is 0 Å². The zero-order valence-corrected chi connectivity index (χ0v) is 21.7. The molecule has 1 fully saturated rings. The van der Waals surface area contributed by atoms with Gasteiger partial charge in [0.15, 0.2) is 17.4 Å². The van der Waals surface area contributed by atoms with E-state index in [9.17, 15) is 29.4 Å². The van der Waals surface area contributed by atoms with Crippen LogP contribution in [-0.2, 0) is 13.8 Å². The van der Waals surface area contributed by atoms with Crippen LogP contribution in [0.1, 0.15) is 6.23 Å². The summed E-state index contributed by atoms with van der Waals surface area (Å²) in [4.78, 5) is 42.6. The number of aliphatic hydroxyl groups excluding tert-OH is 2. The number of hydrogen-bond donors (Lipinski definition) is 3. The number of fused-ring (bicyclic) bond motifs is 1. The summed E-state index contributed by atoms with van der Waals surface area (Å²) in [5, 5.41) is 19.9. The van der Waals surface area contributed by atoms with Crippen molar-refractivity contribution < 1.29 is 131 Å². The average Bonchev–Trinajstić information content (AvgIpc) is 3.01. The van der Waals surface area contributed by atoms with Crippen molar-refractivity contribution in [3.8, 4) is 0 Å². The van der Waals surface area contributed by atoms with E-state index in [1.165, 1.54) is 10.9 Å². The van der Waals surface area contributed by atoms with Crippen LogP contribution in [0.25, 0.3) is 11.2 Å². The van der Waals surface area contributed by atoms with Crippen molar-refractivity contribution in [2.24, 2.45) is 0 Å². The Morgan fingerprint density at radius 3 is 2.09 bits per heavy atom. The Morgan fingerprint density at radius 1 is 1.06 bits per heavy atom. The van der Waals surface area contributed by atoms with Gasteiger partial charge < -0.3 is 77.1 Å². The van der Waals surface area contributed by atoms with E-state index in [2.05, 4.69) is 19.5 Å². The molecule has 0 aromatic carbocycles. The van der Waals surface area contributed by atoms with Crippen LogP contribution < -0.4 is 74.5 Å². The number of imidazole rings is 1. The van der Waals surface area contributed by atoms with Crippen molar-refractivity contribution >= 4 is 19.0 Å². The second-order valence-electron chi connectivity index (χ2n) is 4.84. The minimum atomic E-state index is -5.24. The summed E-state index contributed by atoms with van der Waals surface area (Å²) in [6.45, 7) is -0.750. The van der Waals surface area contributed by atoms with Crippen molar-refractivity contribution in [3.63, 3.8) is 0 Å². The zero-order valence-electron chi connectivity index (χ0n) is 16.8. The SMILES string of the molecule is O.O.O.O.O.O.O.O=c1[nH]cnc2c1ncn2[C@@H]1O[C@H](COP(=O)([O-])[O-])[C@H](O)[C@H]1O.[Na+].[Na+]. The fraction of sp³-hybridized carbons (Fsp3) is 0.500. The summed E-state index contributed by atoms with van der Waals surface area (Å²) in [7, 11) is -5.24. The molecule has 0 unspecified atom stereocenters. The van der Waals surface area contributed by atoms with Gasteiger partial charge in [0.05, 0.1) is 27.1 Å². The quantitative estimate of drug-likeness (QED) is 0.253. The van der Waals surface area contributed by atoms with E-state index in [1.807, 2.05) is 0 Å². The number of nitrogens with one attached hydrogen (secondary N) is 1. The van der Waals surface area contributed by atoms with E-state index in [4.69, 9.17) is 4.74 Å². The van der Waals surface area contributed by atoms with E-state index in [0.717, 1.165) is 6.33 Å². The molecular weight excluding hydrogens is 493 g/mol. The third kappa shape index (κ3) is 10.5. The van der Waals surface area contributed by atoms with Gasteiger partial charge in [0, 0.05) is 0 Å². The van der Waals surface area contributed by atoms with Crippen LogP contribution in [0.3, 0.4) is 0 Å². The zero-order chi connectivity index (χ0) is 16.8. The Hall–Kier alpha value is 0.0600. The molecule has 32 heavy (non-hydrogen) atoms. The van der Waals surface area contributed by atoms with Gasteiger partial charge in [0.1, 0.15) is 18.3 Å². The molecule has 2 aromatic rings. The van der Waals surface area contributed by atoms with Gasteiger partial charge in [-0.2, -0.15) is 0 Å². The minimum absolute atomic E-state index is 0. The van der Waals surface area contributed by atoms with Gasteiger partial charge in [-0.05, 0) is 0 Å². The molecule has 1 saturated heterocycles. The first-order chi connectivity index (χ1) is 10.8. The Kier molecular flexibility index (Phi) is 29.8. The predicted octanol–water partition coefficient (Wildman–Crippen LogP) is -15.2. The first-order valence-electron chi connectivity index (χ1n) is 6.36. The average molecular weight is 518 g/mol. The van der Waals surface area contributed by atoms with Gasteiger partial charge in [0.25, 0.3) is 5.56 Å². The van der Waals surface area contributed by atoms with Crippen LogP contribution in [0.15, 0.2) is 17.4 Å². The molecule has 1 aliphatic rings. The fourth-order valence-corrected chi connectivity index (χ4v) is 2.64. The molecule has 0 radical (unpaired) electrons. The van der Waals surface area contributed by atoms with Crippen LogP contribution in [0, 0.1) is 0 Å². The van der Waals surface area contributed by atoms with E-state index < -0.39 is 44.5 Å². The van der Waals surface area contributed by atoms with Gasteiger partial charge >= 0.3 is 59.1 Å². The topological polar surface area (TPSA) is 406 Å². The van der Waals surface area contributed by atoms with Crippen LogP contribution in [0.4, 0.5) is 0 Å². The smallest absolute Gasteiger partial charge is 0.790 e. The number of nitrogens with zero attached hydrogens (tertiary/aromatic N) is 3. The molecule has 182 valence electrons. The molecule has 0 bridgehead atoms. The summed E-state index contributed by atoms with van der Waals surface area (Å²) in [5.41, 5.74) is -0.397. The minimum Gasteiger partial charge on any atom is -0.790 e. The number of aromatic nitrogens is 4. The molecule has 1 aliphatic heterocycles. The molecule has 3 heterocycles. The molecule has 19 nitrogen and oxygen atoms in total. The maximum atomic E-state index is 11.6. The number of aromatic amines is 1. The van der Waals surface area contributed by atoms with Gasteiger partial charge in [-0.3, -0.25) is 9.36 Å². The molecule has 0 spiro atoms. The van der Waals surface area contributed by atoms with Crippen LogP contribution in [0.5, 0.6) is 0 Å². The number of aliphatic hydroxyl groups is 2. The molecule has 17 N–H and O–H groups in total. The molecule has 0 amide bonds. The summed E-state index contributed by atoms with van der Waals surface area (Å²) in [6.07, 6.45) is -3.11. The van der Waals surface area contributed by atoms with Crippen molar-refractivity contribution in [3.05, 3.63) is 23.0 Å². The molecular formula is C10H25N4Na2O15P. The third-order valence-corrected chi connectivity index (χ3v) is 3.84. The molecule has 22 heteroatoms. The van der Waals surface area contributed by atoms with E-state index in [-0.39, 0.29) is 109 Å². The molecule has 2 aromatic heterocycles. The molecule has 4 atom stereocenters. The van der Waals surface area contributed by atoms with E-state index in [0.29, 0.717) is 0 Å². The molecule has 0 saturated carbocycles. The number of hydrogen-bond acceptors (Lipinski definition) is 10. The van der Waals surface area contributed by atoms with Gasteiger partial charge in [-0.25, -0.2) is 9.97 Å². The first-order valence-corrected chi connectivity index (χ1v) is 7.82. The maximum Gasteiger partial charge on any atom is 1.00 e. The van der Waals surface area contributed by atoms with Crippen LogP contribution in [0.2, 0.25) is 0 Å². The van der Waals surface area contributed by atoms with Gasteiger partial charge in [-0.1, -0.05) is 0 Å². The number of ether oxygens (including phenoxy) is 1. The fourth-order valence-electron chi connectivity index (χ4n) is 2.31. The maximum absolute atomic E-state index is 11.6. The Morgan fingerprint density at radius 2 is 1.59 bits per heavy atom. The van der Waals surface area contributed by atoms with Crippen LogP contribution in [-0.4, -0.2) is 93.0 Å². The second-order valence-corrected chi connectivity index (χ2v) is 6.00. The van der Waals surface area contributed by atoms with Crippen molar-refractivity contribution in [1.82, 2.24) is 19.5 Å².